The van der Waals surface area contributed by atoms with E-state index in [0.717, 1.165) is 6.07 Å². The molecular formula is C17H23FN4O4. The van der Waals surface area contributed by atoms with Crippen LogP contribution >= 0.6 is 0 Å². The third-order valence-electron chi connectivity index (χ3n) is 4.97. The quantitative estimate of drug-likeness (QED) is 0.598. The molecule has 9 heteroatoms. The Morgan fingerprint density at radius 1 is 1.19 bits per heavy atom. The Bertz CT molecular complexity index is 708. The van der Waals surface area contributed by atoms with Crippen molar-refractivity contribution in [3.63, 3.8) is 0 Å². The van der Waals surface area contributed by atoms with Gasteiger partial charge in [-0.1, -0.05) is 0 Å². The standard InChI is InChI=1S/C17H23FN4O4/c1-12-11-20(3-4-21(12)13(2)23)16-10-15(19-5-7-26-8-6-19)14(18)9-17(16)22(24)25/h9-10,12H,3-8,11H2,1-2H3/t12-/m1/s1. The average Bonchev–Trinajstić information content (AvgIpc) is 2.61. The Morgan fingerprint density at radius 3 is 2.46 bits per heavy atom. The molecule has 2 fully saturated rings. The van der Waals surface area contributed by atoms with Gasteiger partial charge in [0.1, 0.15) is 5.69 Å². The molecule has 0 spiro atoms. The first kappa shape index (κ1) is 18.4. The second-order valence-corrected chi connectivity index (χ2v) is 6.66. The normalized spacial score (nSPS) is 21.0. The van der Waals surface area contributed by atoms with Crippen LogP contribution in [-0.2, 0) is 9.53 Å². The van der Waals surface area contributed by atoms with E-state index in [1.165, 1.54) is 6.92 Å². The summed E-state index contributed by atoms with van der Waals surface area (Å²) in [6, 6.07) is 2.50. The zero-order valence-electron chi connectivity index (χ0n) is 15.0. The molecule has 2 aliphatic heterocycles. The van der Waals surface area contributed by atoms with Crippen molar-refractivity contribution in [3.05, 3.63) is 28.1 Å². The highest BCUT2D eigenvalue weighted by molar-refractivity contribution is 5.75. The molecule has 8 nitrogen and oxygen atoms in total. The number of halogens is 1. The van der Waals surface area contributed by atoms with Crippen LogP contribution in [0.4, 0.5) is 21.5 Å². The van der Waals surface area contributed by atoms with Crippen LogP contribution in [0, 0.1) is 15.9 Å². The summed E-state index contributed by atoms with van der Waals surface area (Å²) < 4.78 is 19.8. The molecule has 0 aliphatic carbocycles. The van der Waals surface area contributed by atoms with Gasteiger partial charge in [0, 0.05) is 45.7 Å². The third-order valence-corrected chi connectivity index (χ3v) is 4.97. The van der Waals surface area contributed by atoms with Crippen LogP contribution in [0.2, 0.25) is 0 Å². The average molecular weight is 366 g/mol. The van der Waals surface area contributed by atoms with Crippen LogP contribution < -0.4 is 9.80 Å². The van der Waals surface area contributed by atoms with E-state index < -0.39 is 10.7 Å². The van der Waals surface area contributed by atoms with Crippen LogP contribution in [0.15, 0.2) is 12.1 Å². The van der Waals surface area contributed by atoms with Gasteiger partial charge in [0.2, 0.25) is 5.91 Å². The second-order valence-electron chi connectivity index (χ2n) is 6.66. The first-order valence-corrected chi connectivity index (χ1v) is 8.71. The SMILES string of the molecule is CC(=O)N1CCN(c2cc(N3CCOCC3)c(F)cc2[N+](=O)[O-])C[C@H]1C. The summed E-state index contributed by atoms with van der Waals surface area (Å²) in [7, 11) is 0. The summed E-state index contributed by atoms with van der Waals surface area (Å²) in [5.74, 6) is -0.613. The lowest BCUT2D eigenvalue weighted by Crippen LogP contribution is -2.53. The molecule has 26 heavy (non-hydrogen) atoms. The monoisotopic (exact) mass is 366 g/mol. The van der Waals surface area contributed by atoms with Crippen LogP contribution in [0.3, 0.4) is 0 Å². The number of morpholine rings is 1. The highest BCUT2D eigenvalue weighted by atomic mass is 19.1. The Kier molecular flexibility index (Phi) is 5.26. The molecule has 1 atom stereocenters. The van der Waals surface area contributed by atoms with E-state index in [1.54, 1.807) is 11.0 Å². The van der Waals surface area contributed by atoms with E-state index >= 15 is 0 Å². The largest absolute Gasteiger partial charge is 0.378 e. The van der Waals surface area contributed by atoms with E-state index in [9.17, 15) is 19.3 Å². The van der Waals surface area contributed by atoms with E-state index in [-0.39, 0.29) is 17.6 Å². The number of nitro groups is 1. The Labute approximate surface area is 151 Å². The number of nitrogens with zero attached hydrogens (tertiary/aromatic N) is 4. The zero-order chi connectivity index (χ0) is 18.8. The first-order chi connectivity index (χ1) is 12.4. The third kappa shape index (κ3) is 3.57. The van der Waals surface area contributed by atoms with Crippen molar-refractivity contribution in [3.8, 4) is 0 Å². The number of piperazine rings is 1. The molecule has 2 heterocycles. The predicted molar refractivity (Wildman–Crippen MR) is 95.1 cm³/mol. The number of amides is 1. The summed E-state index contributed by atoms with van der Waals surface area (Å²) >= 11 is 0. The molecule has 0 unspecified atom stereocenters. The number of hydrogen-bond acceptors (Lipinski definition) is 6. The molecule has 2 saturated heterocycles. The zero-order valence-corrected chi connectivity index (χ0v) is 15.0. The number of ether oxygens (including phenoxy) is 1. The predicted octanol–water partition coefficient (Wildman–Crippen LogP) is 1.63. The van der Waals surface area contributed by atoms with Gasteiger partial charge in [-0.15, -0.1) is 0 Å². The van der Waals surface area contributed by atoms with Gasteiger partial charge in [-0.3, -0.25) is 14.9 Å². The van der Waals surface area contributed by atoms with E-state index in [4.69, 9.17) is 4.74 Å². The minimum atomic E-state index is -0.599. The van der Waals surface area contributed by atoms with Gasteiger partial charge >= 0.3 is 0 Å². The molecule has 0 N–H and O–H groups in total. The molecule has 1 aromatic rings. The Hall–Kier alpha value is -2.42. The van der Waals surface area contributed by atoms with E-state index in [1.807, 2.05) is 16.7 Å². The molecule has 0 radical (unpaired) electrons. The lowest BCUT2D eigenvalue weighted by molar-refractivity contribution is -0.384. The van der Waals surface area contributed by atoms with Gasteiger partial charge in [-0.05, 0) is 13.0 Å². The van der Waals surface area contributed by atoms with Crippen molar-refractivity contribution in [2.24, 2.45) is 0 Å². The van der Waals surface area contributed by atoms with E-state index in [0.29, 0.717) is 57.3 Å². The van der Waals surface area contributed by atoms with Crippen molar-refractivity contribution in [2.75, 3.05) is 55.7 Å². The minimum absolute atomic E-state index is 0.0141. The number of carbonyl (C=O) groups is 1. The molecule has 1 amide bonds. The van der Waals surface area contributed by atoms with Crippen LogP contribution in [0.5, 0.6) is 0 Å². The molecule has 0 saturated carbocycles. The number of benzene rings is 1. The lowest BCUT2D eigenvalue weighted by atomic mass is 10.1. The van der Waals surface area contributed by atoms with Gasteiger partial charge < -0.3 is 19.4 Å². The fourth-order valence-corrected chi connectivity index (χ4v) is 3.63. The van der Waals surface area contributed by atoms with Gasteiger partial charge in [0.05, 0.1) is 29.9 Å². The summed E-state index contributed by atoms with van der Waals surface area (Å²) in [5.41, 5.74) is 0.506. The first-order valence-electron chi connectivity index (χ1n) is 8.71. The molecule has 2 aliphatic rings. The molecule has 0 bridgehead atoms. The second kappa shape index (κ2) is 7.45. The minimum Gasteiger partial charge on any atom is -0.378 e. The topological polar surface area (TPSA) is 79.2 Å². The fourth-order valence-electron chi connectivity index (χ4n) is 3.63. The summed E-state index contributed by atoms with van der Waals surface area (Å²) in [6.45, 7) is 6.94. The molecular weight excluding hydrogens is 343 g/mol. The number of carbonyl (C=O) groups excluding carboxylic acids is 1. The summed E-state index contributed by atoms with van der Waals surface area (Å²) in [6.07, 6.45) is 0. The summed E-state index contributed by atoms with van der Waals surface area (Å²) in [4.78, 5) is 28.0. The van der Waals surface area contributed by atoms with Crippen LogP contribution in [0.1, 0.15) is 13.8 Å². The molecule has 0 aromatic heterocycles. The fraction of sp³-hybridized carbons (Fsp3) is 0.588. The number of rotatable bonds is 3. The van der Waals surface area contributed by atoms with E-state index in [2.05, 4.69) is 0 Å². The van der Waals surface area contributed by atoms with Gasteiger partial charge in [-0.25, -0.2) is 4.39 Å². The van der Waals surface area contributed by atoms with Crippen LogP contribution in [0.25, 0.3) is 0 Å². The lowest BCUT2D eigenvalue weighted by Gasteiger charge is -2.40. The Morgan fingerprint density at radius 2 is 1.88 bits per heavy atom. The maximum absolute atomic E-state index is 14.5. The Balaban J connectivity index is 1.94. The van der Waals surface area contributed by atoms with Gasteiger partial charge in [0.25, 0.3) is 5.69 Å². The van der Waals surface area contributed by atoms with Gasteiger partial charge in [-0.2, -0.15) is 0 Å². The maximum Gasteiger partial charge on any atom is 0.295 e. The van der Waals surface area contributed by atoms with Crippen molar-refractivity contribution in [1.82, 2.24) is 4.90 Å². The highest BCUT2D eigenvalue weighted by Crippen LogP contribution is 2.36. The molecule has 3 rings (SSSR count). The van der Waals surface area contributed by atoms with Gasteiger partial charge in [0.15, 0.2) is 5.82 Å². The van der Waals surface area contributed by atoms with Crippen molar-refractivity contribution >= 4 is 23.0 Å². The van der Waals surface area contributed by atoms with Crippen molar-refractivity contribution in [2.45, 2.75) is 19.9 Å². The molecule has 1 aromatic carbocycles. The number of anilines is 2. The maximum atomic E-state index is 14.5. The van der Waals surface area contributed by atoms with Crippen LogP contribution in [-0.4, -0.2) is 67.7 Å². The van der Waals surface area contributed by atoms with Crippen molar-refractivity contribution in [1.29, 1.82) is 0 Å². The highest BCUT2D eigenvalue weighted by Gasteiger charge is 2.31. The van der Waals surface area contributed by atoms with Crippen molar-refractivity contribution < 1.29 is 18.8 Å². The number of hydrogen-bond donors (Lipinski definition) is 0. The number of nitro benzene ring substituents is 1. The smallest absolute Gasteiger partial charge is 0.295 e. The molecule has 142 valence electrons. The summed E-state index contributed by atoms with van der Waals surface area (Å²) in [5, 5.41) is 11.5.